The predicted molar refractivity (Wildman–Crippen MR) is 80.7 cm³/mol. The third-order valence-corrected chi connectivity index (χ3v) is 3.30. The SMILES string of the molecule is Clc1ccc(-n2cccc2)c(C#CCCCBr)c1. The first-order valence-electron chi connectivity index (χ1n) is 5.79. The Morgan fingerprint density at radius 3 is 2.72 bits per heavy atom. The second kappa shape index (κ2) is 6.68. The minimum absolute atomic E-state index is 0.718. The van der Waals surface area contributed by atoms with Gasteiger partial charge in [-0.25, -0.2) is 0 Å². The van der Waals surface area contributed by atoms with Crippen LogP contribution in [0.5, 0.6) is 0 Å². The molecule has 0 saturated heterocycles. The Kier molecular flexibility index (Phi) is 4.92. The molecule has 18 heavy (non-hydrogen) atoms. The highest BCUT2D eigenvalue weighted by Crippen LogP contribution is 2.19. The maximum atomic E-state index is 6.03. The quantitative estimate of drug-likeness (QED) is 0.440. The second-order valence-corrected chi connectivity index (χ2v) is 5.08. The fraction of sp³-hybridized carbons (Fsp3) is 0.200. The number of alkyl halides is 1. The fourth-order valence-electron chi connectivity index (χ4n) is 1.64. The Labute approximate surface area is 121 Å². The van der Waals surface area contributed by atoms with Crippen LogP contribution < -0.4 is 0 Å². The number of nitrogens with zero attached hydrogens (tertiary/aromatic N) is 1. The van der Waals surface area contributed by atoms with Crippen molar-refractivity contribution in [3.63, 3.8) is 0 Å². The van der Waals surface area contributed by atoms with Crippen molar-refractivity contribution in [1.82, 2.24) is 4.57 Å². The van der Waals surface area contributed by atoms with Crippen molar-refractivity contribution in [2.24, 2.45) is 0 Å². The zero-order chi connectivity index (χ0) is 12.8. The largest absolute Gasteiger partial charge is 0.323 e. The van der Waals surface area contributed by atoms with Gasteiger partial charge in [-0.2, -0.15) is 0 Å². The summed E-state index contributed by atoms with van der Waals surface area (Å²) in [4.78, 5) is 0. The summed E-state index contributed by atoms with van der Waals surface area (Å²) in [5, 5.41) is 1.71. The van der Waals surface area contributed by atoms with E-state index in [0.717, 1.165) is 34.4 Å². The van der Waals surface area contributed by atoms with Crippen LogP contribution in [-0.2, 0) is 0 Å². The summed E-state index contributed by atoms with van der Waals surface area (Å²) in [6.07, 6.45) is 5.97. The van der Waals surface area contributed by atoms with Crippen LogP contribution in [0.1, 0.15) is 18.4 Å². The number of benzene rings is 1. The van der Waals surface area contributed by atoms with Gasteiger partial charge in [-0.15, -0.1) is 0 Å². The predicted octanol–water partition coefficient (Wildman–Crippen LogP) is 4.66. The van der Waals surface area contributed by atoms with Gasteiger partial charge in [-0.3, -0.25) is 0 Å². The molecule has 0 saturated carbocycles. The maximum absolute atomic E-state index is 6.03. The molecular formula is C15H13BrClN. The van der Waals surface area contributed by atoms with Crippen LogP contribution >= 0.6 is 27.5 Å². The van der Waals surface area contributed by atoms with E-state index in [4.69, 9.17) is 11.6 Å². The van der Waals surface area contributed by atoms with Crippen molar-refractivity contribution in [2.75, 3.05) is 5.33 Å². The average Bonchev–Trinajstić information content (AvgIpc) is 2.88. The van der Waals surface area contributed by atoms with Gasteiger partial charge < -0.3 is 4.57 Å². The highest BCUT2D eigenvalue weighted by atomic mass is 79.9. The Hall–Kier alpha value is -1.17. The lowest BCUT2D eigenvalue weighted by molar-refractivity contribution is 1.00. The van der Waals surface area contributed by atoms with Crippen molar-refractivity contribution < 1.29 is 0 Å². The number of hydrogen-bond acceptors (Lipinski definition) is 0. The fourth-order valence-corrected chi connectivity index (χ4v) is 2.09. The van der Waals surface area contributed by atoms with E-state index in [0.29, 0.717) is 0 Å². The van der Waals surface area contributed by atoms with E-state index in [2.05, 4.69) is 27.8 Å². The van der Waals surface area contributed by atoms with Gasteiger partial charge in [0.1, 0.15) is 0 Å². The zero-order valence-electron chi connectivity index (χ0n) is 9.87. The van der Waals surface area contributed by atoms with Gasteiger partial charge in [0.05, 0.1) is 11.3 Å². The van der Waals surface area contributed by atoms with Crippen molar-refractivity contribution >= 4 is 27.5 Å². The van der Waals surface area contributed by atoms with Crippen LogP contribution in [-0.4, -0.2) is 9.90 Å². The number of halogens is 2. The molecule has 3 heteroatoms. The molecule has 2 rings (SSSR count). The molecule has 1 aromatic carbocycles. The van der Waals surface area contributed by atoms with Crippen molar-refractivity contribution in [3.8, 4) is 17.5 Å². The van der Waals surface area contributed by atoms with Crippen LogP contribution in [0.2, 0.25) is 5.02 Å². The van der Waals surface area contributed by atoms with E-state index in [1.54, 1.807) is 0 Å². The van der Waals surface area contributed by atoms with Gasteiger partial charge in [0.15, 0.2) is 0 Å². The normalized spacial score (nSPS) is 9.89. The Morgan fingerprint density at radius 1 is 1.22 bits per heavy atom. The molecule has 0 spiro atoms. The monoisotopic (exact) mass is 321 g/mol. The molecule has 1 heterocycles. The molecule has 0 aliphatic rings. The molecule has 0 N–H and O–H groups in total. The highest BCUT2D eigenvalue weighted by molar-refractivity contribution is 9.09. The van der Waals surface area contributed by atoms with E-state index in [1.807, 2.05) is 47.3 Å². The summed E-state index contributed by atoms with van der Waals surface area (Å²) in [6.45, 7) is 0. The third kappa shape index (κ3) is 3.41. The number of hydrogen-bond donors (Lipinski definition) is 0. The summed E-state index contributed by atoms with van der Waals surface area (Å²) < 4.78 is 2.05. The molecule has 0 radical (unpaired) electrons. The molecule has 0 aliphatic heterocycles. The lowest BCUT2D eigenvalue weighted by Crippen LogP contribution is -1.93. The topological polar surface area (TPSA) is 4.93 Å². The first-order valence-corrected chi connectivity index (χ1v) is 7.29. The Morgan fingerprint density at radius 2 is 2.00 bits per heavy atom. The van der Waals surface area contributed by atoms with Gasteiger partial charge in [0, 0.05) is 29.2 Å². The van der Waals surface area contributed by atoms with Crippen LogP contribution in [0.4, 0.5) is 0 Å². The molecular weight excluding hydrogens is 310 g/mol. The van der Waals surface area contributed by atoms with Gasteiger partial charge >= 0.3 is 0 Å². The molecule has 1 aromatic heterocycles. The van der Waals surface area contributed by atoms with Crippen LogP contribution in [0, 0.1) is 11.8 Å². The summed E-state index contributed by atoms with van der Waals surface area (Å²) in [7, 11) is 0. The summed E-state index contributed by atoms with van der Waals surface area (Å²) >= 11 is 9.43. The lowest BCUT2D eigenvalue weighted by atomic mass is 10.1. The Balaban J connectivity index is 2.32. The summed E-state index contributed by atoms with van der Waals surface area (Å²) in [5.41, 5.74) is 2.03. The maximum Gasteiger partial charge on any atom is 0.0607 e. The van der Waals surface area contributed by atoms with E-state index in [1.165, 1.54) is 0 Å². The first kappa shape index (κ1) is 13.3. The number of rotatable bonds is 3. The third-order valence-electron chi connectivity index (χ3n) is 2.50. The first-order chi connectivity index (χ1) is 8.81. The molecule has 0 atom stereocenters. The standard InChI is InChI=1S/C15H13BrClN/c16-9-3-1-2-6-13-12-14(17)7-8-15(13)18-10-4-5-11-18/h4-5,7-8,10-12H,1,3,9H2. The molecule has 1 nitrogen and oxygen atoms in total. The zero-order valence-corrected chi connectivity index (χ0v) is 12.2. The van der Waals surface area contributed by atoms with Crippen LogP contribution in [0.3, 0.4) is 0 Å². The lowest BCUT2D eigenvalue weighted by Gasteiger charge is -2.06. The van der Waals surface area contributed by atoms with Gasteiger partial charge in [-0.05, 0) is 36.8 Å². The molecule has 2 aromatic rings. The van der Waals surface area contributed by atoms with Gasteiger partial charge in [0.2, 0.25) is 0 Å². The van der Waals surface area contributed by atoms with Gasteiger partial charge in [-0.1, -0.05) is 39.4 Å². The molecule has 0 fully saturated rings. The Bertz CT molecular complexity index is 564. The van der Waals surface area contributed by atoms with E-state index >= 15 is 0 Å². The highest BCUT2D eigenvalue weighted by Gasteiger charge is 2.02. The van der Waals surface area contributed by atoms with Crippen molar-refractivity contribution in [1.29, 1.82) is 0 Å². The number of aromatic nitrogens is 1. The van der Waals surface area contributed by atoms with Gasteiger partial charge in [0.25, 0.3) is 0 Å². The summed E-state index contributed by atoms with van der Waals surface area (Å²) in [6, 6.07) is 9.79. The average molecular weight is 323 g/mol. The summed E-state index contributed by atoms with van der Waals surface area (Å²) in [5.74, 6) is 6.38. The van der Waals surface area contributed by atoms with E-state index < -0.39 is 0 Å². The molecule has 0 unspecified atom stereocenters. The van der Waals surface area contributed by atoms with E-state index in [-0.39, 0.29) is 0 Å². The van der Waals surface area contributed by atoms with Crippen molar-refractivity contribution in [3.05, 3.63) is 53.3 Å². The molecule has 0 amide bonds. The second-order valence-electron chi connectivity index (χ2n) is 3.85. The van der Waals surface area contributed by atoms with Crippen molar-refractivity contribution in [2.45, 2.75) is 12.8 Å². The smallest absolute Gasteiger partial charge is 0.0607 e. The van der Waals surface area contributed by atoms with E-state index in [9.17, 15) is 0 Å². The molecule has 0 aliphatic carbocycles. The number of unbranched alkanes of at least 4 members (excludes halogenated alkanes) is 1. The minimum atomic E-state index is 0.718. The molecule has 92 valence electrons. The van der Waals surface area contributed by atoms with Crippen LogP contribution in [0.25, 0.3) is 5.69 Å². The molecule has 0 bridgehead atoms. The minimum Gasteiger partial charge on any atom is -0.323 e. The van der Waals surface area contributed by atoms with Crippen LogP contribution in [0.15, 0.2) is 42.7 Å².